The summed E-state index contributed by atoms with van der Waals surface area (Å²) >= 11 is 0. The third-order valence-electron chi connectivity index (χ3n) is 15.1. The van der Waals surface area contributed by atoms with Crippen molar-refractivity contribution in [3.05, 3.63) is 53.9 Å². The van der Waals surface area contributed by atoms with Gasteiger partial charge in [0.1, 0.15) is 36.5 Å². The van der Waals surface area contributed by atoms with E-state index in [9.17, 15) is 34.2 Å². The molecular weight excluding hydrogens is 887 g/mol. The van der Waals surface area contributed by atoms with Crippen molar-refractivity contribution in [1.82, 2.24) is 25.1 Å². The SMILES string of the molecule is CO[C@H]1CC2CC[C@@H](C)C(=O)C(O)(O2)C(=O)N2CCCCC2C(=O)O[C@H]([C@H](C)C[C@@H]2CC[C@H](n3cnnn3)[C@H](OC)C2)CC(=O)[C@H](C)/C=C(\C)[C@@H](O)[C@@H](OC)C(=O)[C@@H](C)C[C@H](C)/C=C/C=C/C=C1C. The molecule has 4 heterocycles. The van der Waals surface area contributed by atoms with Crippen LogP contribution in [0.3, 0.4) is 0 Å². The summed E-state index contributed by atoms with van der Waals surface area (Å²) in [6.07, 6.45) is 13.4. The van der Waals surface area contributed by atoms with Crippen molar-refractivity contribution in [1.29, 1.82) is 0 Å². The Kier molecular flexibility index (Phi) is 20.8. The molecule has 1 saturated carbocycles. The second kappa shape index (κ2) is 25.7. The zero-order chi connectivity index (χ0) is 50.6. The number of carbonyl (C=O) groups is 5. The summed E-state index contributed by atoms with van der Waals surface area (Å²) in [5.74, 6) is -7.98. The molecule has 0 radical (unpaired) electrons. The molecular formula is C52H79N5O12. The van der Waals surface area contributed by atoms with E-state index in [1.54, 1.807) is 52.1 Å². The summed E-state index contributed by atoms with van der Waals surface area (Å²) < 4.78 is 31.7. The predicted octanol–water partition coefficient (Wildman–Crippen LogP) is 6.05. The third kappa shape index (κ3) is 14.2. The molecule has 15 atom stereocenters. The summed E-state index contributed by atoms with van der Waals surface area (Å²) in [7, 11) is 4.61. The van der Waals surface area contributed by atoms with Gasteiger partial charge in [-0.2, -0.15) is 0 Å². The minimum absolute atomic E-state index is 0.0124. The fourth-order valence-electron chi connectivity index (χ4n) is 10.7. The molecule has 2 bridgehead atoms. The van der Waals surface area contributed by atoms with Gasteiger partial charge >= 0.3 is 11.8 Å². The van der Waals surface area contributed by atoms with Crippen LogP contribution in [0, 0.1) is 35.5 Å². The molecule has 69 heavy (non-hydrogen) atoms. The molecule has 3 unspecified atom stereocenters. The number of hydrogen-bond acceptors (Lipinski definition) is 15. The van der Waals surface area contributed by atoms with E-state index in [0.717, 1.165) is 18.4 Å². The Labute approximate surface area is 408 Å². The lowest BCUT2D eigenvalue weighted by atomic mass is 9.77. The molecule has 17 nitrogen and oxygen atoms in total. The van der Waals surface area contributed by atoms with E-state index in [4.69, 9.17) is 23.7 Å². The highest BCUT2D eigenvalue weighted by molar-refractivity contribution is 6.09. The molecule has 5 rings (SSSR count). The van der Waals surface area contributed by atoms with E-state index in [0.29, 0.717) is 50.5 Å². The maximum Gasteiger partial charge on any atom is 0.329 e. The lowest BCUT2D eigenvalue weighted by molar-refractivity contribution is -0.231. The maximum atomic E-state index is 14.7. The van der Waals surface area contributed by atoms with Crippen LogP contribution in [0.25, 0.3) is 0 Å². The normalized spacial score (nSPS) is 38.0. The molecule has 1 amide bonds. The zero-order valence-electron chi connectivity index (χ0n) is 42.5. The Balaban J connectivity index is 1.49. The molecule has 1 aliphatic carbocycles. The van der Waals surface area contributed by atoms with Gasteiger partial charge in [0.05, 0.1) is 24.4 Å². The molecule has 4 aliphatic rings. The average Bonchev–Trinajstić information content (AvgIpc) is 3.85. The fourth-order valence-corrected chi connectivity index (χ4v) is 10.7. The van der Waals surface area contributed by atoms with Crippen LogP contribution >= 0.6 is 0 Å². The number of Topliss-reactive ketones (excluding diaryl/α,β-unsaturated/α-hetero) is 3. The van der Waals surface area contributed by atoms with Crippen molar-refractivity contribution < 1.29 is 57.9 Å². The summed E-state index contributed by atoms with van der Waals surface area (Å²) in [6.45, 7) is 12.8. The predicted molar refractivity (Wildman–Crippen MR) is 256 cm³/mol. The molecule has 17 heteroatoms. The first-order valence-corrected chi connectivity index (χ1v) is 25.0. The number of ether oxygens (including phenoxy) is 5. The van der Waals surface area contributed by atoms with Gasteiger partial charge in [-0.15, -0.1) is 5.10 Å². The van der Waals surface area contributed by atoms with Gasteiger partial charge in [-0.05, 0) is 117 Å². The van der Waals surface area contributed by atoms with E-state index in [-0.39, 0.29) is 67.3 Å². The number of allylic oxidation sites excluding steroid dienone is 6. The molecule has 3 fully saturated rings. The number of methoxy groups -OCH3 is 3. The van der Waals surface area contributed by atoms with Crippen molar-refractivity contribution in [2.24, 2.45) is 35.5 Å². The number of aromatic nitrogens is 4. The van der Waals surface area contributed by atoms with E-state index >= 15 is 0 Å². The first-order valence-electron chi connectivity index (χ1n) is 25.0. The molecule has 1 aromatic heterocycles. The van der Waals surface area contributed by atoms with Crippen molar-refractivity contribution in [3.63, 3.8) is 0 Å². The summed E-state index contributed by atoms with van der Waals surface area (Å²) in [5.41, 5.74) is 1.24. The van der Waals surface area contributed by atoms with Gasteiger partial charge < -0.3 is 38.8 Å². The number of fused-ring (bicyclic) bond motifs is 3. The summed E-state index contributed by atoms with van der Waals surface area (Å²) in [4.78, 5) is 72.6. The number of esters is 1. The van der Waals surface area contributed by atoms with Gasteiger partial charge in [-0.3, -0.25) is 19.2 Å². The Morgan fingerprint density at radius 3 is 2.30 bits per heavy atom. The molecule has 2 saturated heterocycles. The van der Waals surface area contributed by atoms with Gasteiger partial charge in [0.15, 0.2) is 5.78 Å². The summed E-state index contributed by atoms with van der Waals surface area (Å²) in [5, 5.41) is 35.4. The second-order valence-corrected chi connectivity index (χ2v) is 20.4. The fraction of sp³-hybridized carbons (Fsp3) is 0.731. The first-order chi connectivity index (χ1) is 32.8. The maximum absolute atomic E-state index is 14.7. The molecule has 2 N–H and O–H groups in total. The molecule has 0 spiro atoms. The largest absolute Gasteiger partial charge is 0.460 e. The van der Waals surface area contributed by atoms with Crippen LogP contribution < -0.4 is 0 Å². The minimum atomic E-state index is -2.86. The first kappa shape index (κ1) is 55.7. The Morgan fingerprint density at radius 1 is 0.870 bits per heavy atom. The highest BCUT2D eigenvalue weighted by atomic mass is 16.6. The van der Waals surface area contributed by atoms with Gasteiger partial charge in [-0.25, -0.2) is 9.48 Å². The number of carbonyl (C=O) groups excluding carboxylic acids is 5. The van der Waals surface area contributed by atoms with Crippen LogP contribution in [0.2, 0.25) is 0 Å². The number of hydrogen-bond donors (Lipinski definition) is 2. The molecule has 0 aromatic carbocycles. The average molecular weight is 966 g/mol. The Bertz CT molecular complexity index is 2020. The number of piperidine rings is 1. The van der Waals surface area contributed by atoms with E-state index in [2.05, 4.69) is 15.5 Å². The lowest BCUT2D eigenvalue weighted by Gasteiger charge is -2.40. The zero-order valence-corrected chi connectivity index (χ0v) is 42.5. The molecule has 3 aliphatic heterocycles. The van der Waals surface area contributed by atoms with Crippen LogP contribution in [0.4, 0.5) is 0 Å². The van der Waals surface area contributed by atoms with E-state index < -0.39 is 77.8 Å². The Hall–Kier alpha value is -4.26. The van der Waals surface area contributed by atoms with Crippen molar-refractivity contribution >= 4 is 29.2 Å². The van der Waals surface area contributed by atoms with Crippen molar-refractivity contribution in [2.45, 2.75) is 180 Å². The minimum Gasteiger partial charge on any atom is -0.460 e. The topological polar surface area (TPSA) is 219 Å². The number of rotatable bonds is 7. The Morgan fingerprint density at radius 2 is 1.62 bits per heavy atom. The van der Waals surface area contributed by atoms with Gasteiger partial charge in [0.2, 0.25) is 5.78 Å². The van der Waals surface area contributed by atoms with Crippen LogP contribution in [0.1, 0.15) is 132 Å². The van der Waals surface area contributed by atoms with Gasteiger partial charge in [0.25, 0.3) is 5.91 Å². The number of amides is 1. The number of ketones is 3. The van der Waals surface area contributed by atoms with E-state index in [1.807, 2.05) is 58.1 Å². The summed E-state index contributed by atoms with van der Waals surface area (Å²) in [6, 6.07) is -1.21. The van der Waals surface area contributed by atoms with Crippen LogP contribution in [0.5, 0.6) is 0 Å². The number of cyclic esters (lactones) is 1. The molecule has 1 aromatic rings. The number of aliphatic hydroxyl groups excluding tert-OH is 1. The quantitative estimate of drug-likeness (QED) is 0.181. The van der Waals surface area contributed by atoms with Gasteiger partial charge in [-0.1, -0.05) is 71.1 Å². The highest BCUT2D eigenvalue weighted by Crippen LogP contribution is 2.39. The van der Waals surface area contributed by atoms with Crippen molar-refractivity contribution in [3.8, 4) is 0 Å². The van der Waals surface area contributed by atoms with Crippen LogP contribution in [0.15, 0.2) is 53.9 Å². The number of nitrogens with zero attached hydrogens (tertiary/aromatic N) is 5. The van der Waals surface area contributed by atoms with Crippen LogP contribution in [-0.2, 0) is 47.7 Å². The number of tetrazole rings is 1. The number of aliphatic hydroxyl groups is 2. The third-order valence-corrected chi connectivity index (χ3v) is 15.1. The van der Waals surface area contributed by atoms with E-state index in [1.165, 1.54) is 12.0 Å². The van der Waals surface area contributed by atoms with Gasteiger partial charge in [0, 0.05) is 58.5 Å². The molecule has 384 valence electrons. The lowest BCUT2D eigenvalue weighted by Crippen LogP contribution is -2.62. The smallest absolute Gasteiger partial charge is 0.329 e. The monoisotopic (exact) mass is 966 g/mol. The second-order valence-electron chi connectivity index (χ2n) is 20.4. The van der Waals surface area contributed by atoms with Crippen LogP contribution in [-0.4, -0.2) is 141 Å². The van der Waals surface area contributed by atoms with Crippen molar-refractivity contribution in [2.75, 3.05) is 27.9 Å². The highest BCUT2D eigenvalue weighted by Gasteiger charge is 2.55. The standard InChI is InChI=1S/C52H79N5O12/c1-31-16-12-11-13-17-32(2)43(65-8)28-39-21-19-33(3)49(61)52(64,69-39)51(63)56-23-15-14-18-41(56)50(62)68-44(35(5)26-38-20-22-40(45(27-38)66-9)57-30-53-54-55-57)29-42(58)34(4)25-37(7)47(60)48(67-10)46(59)36(6)24-31/h11-13,16-17,25,30-31,33-36,38-41,43-45,47-48,60,64H,14-15,18-24,26-29H2,1-10H3/b13-11+,16-12+,32-17?,37-25+/t31-,33-,34-,35-,36+,38+,39?,40+,41?,43+,44+,45-,47-,48+,52?/m1/s1.